The summed E-state index contributed by atoms with van der Waals surface area (Å²) in [7, 11) is 1.62. The van der Waals surface area contributed by atoms with E-state index in [-0.39, 0.29) is 11.8 Å². The molecule has 0 spiro atoms. The highest BCUT2D eigenvalue weighted by atomic mass is 35.5. The molecule has 2 aromatic carbocycles. The molecule has 4 rings (SSSR count). The molecule has 1 fully saturated rings. The number of amides is 1. The van der Waals surface area contributed by atoms with E-state index in [9.17, 15) is 4.79 Å². The third kappa shape index (κ3) is 3.15. The first-order valence-electron chi connectivity index (χ1n) is 8.18. The Bertz CT molecular complexity index is 922. The minimum atomic E-state index is -0.127. The summed E-state index contributed by atoms with van der Waals surface area (Å²) in [5.74, 6) is 1.64. The van der Waals surface area contributed by atoms with Gasteiger partial charge in [0, 0.05) is 29.2 Å². The highest BCUT2D eigenvalue weighted by Gasteiger charge is 2.35. The third-order valence-corrected chi connectivity index (χ3v) is 4.65. The van der Waals surface area contributed by atoms with Crippen molar-refractivity contribution < 1.29 is 14.1 Å². The molecule has 3 aromatic rings. The molecule has 1 unspecified atom stereocenters. The van der Waals surface area contributed by atoms with Crippen molar-refractivity contribution in [2.75, 3.05) is 18.6 Å². The molecule has 132 valence electrons. The number of carbonyl (C=O) groups excluding carboxylic acids is 1. The van der Waals surface area contributed by atoms with E-state index >= 15 is 0 Å². The molecule has 0 aliphatic carbocycles. The van der Waals surface area contributed by atoms with Crippen molar-refractivity contribution in [2.45, 2.75) is 12.3 Å². The number of hydrogen-bond donors (Lipinski definition) is 0. The summed E-state index contributed by atoms with van der Waals surface area (Å²) >= 11 is 5.91. The molecule has 1 aliphatic rings. The molecule has 0 N–H and O–H groups in total. The van der Waals surface area contributed by atoms with Crippen LogP contribution in [0.15, 0.2) is 53.1 Å². The minimum absolute atomic E-state index is 0.0292. The van der Waals surface area contributed by atoms with Crippen LogP contribution < -0.4 is 9.64 Å². The first-order chi connectivity index (χ1) is 12.6. The molecule has 26 heavy (non-hydrogen) atoms. The van der Waals surface area contributed by atoms with Gasteiger partial charge >= 0.3 is 0 Å². The molecule has 1 atom stereocenters. The highest BCUT2D eigenvalue weighted by molar-refractivity contribution is 6.30. The van der Waals surface area contributed by atoms with Crippen molar-refractivity contribution in [1.82, 2.24) is 10.1 Å². The number of methoxy groups -OCH3 is 1. The molecule has 7 heteroatoms. The van der Waals surface area contributed by atoms with Crippen LogP contribution in [-0.2, 0) is 4.79 Å². The minimum Gasteiger partial charge on any atom is -0.497 e. The third-order valence-electron chi connectivity index (χ3n) is 4.40. The molecule has 6 nitrogen and oxygen atoms in total. The van der Waals surface area contributed by atoms with Gasteiger partial charge in [0.1, 0.15) is 5.75 Å². The lowest BCUT2D eigenvalue weighted by Gasteiger charge is -2.15. The van der Waals surface area contributed by atoms with Gasteiger partial charge in [0.15, 0.2) is 0 Å². The summed E-state index contributed by atoms with van der Waals surface area (Å²) in [6, 6.07) is 14.6. The Balaban J connectivity index is 1.52. The Labute approximate surface area is 155 Å². The van der Waals surface area contributed by atoms with Gasteiger partial charge in [-0.25, -0.2) is 0 Å². The molecule has 0 radical (unpaired) electrons. The fourth-order valence-corrected chi connectivity index (χ4v) is 3.13. The smallest absolute Gasteiger partial charge is 0.232 e. The van der Waals surface area contributed by atoms with Crippen molar-refractivity contribution in [3.05, 3.63) is 59.4 Å². The second kappa shape index (κ2) is 6.80. The number of rotatable bonds is 4. The predicted molar refractivity (Wildman–Crippen MR) is 97.4 cm³/mol. The number of anilines is 1. The van der Waals surface area contributed by atoms with Crippen LogP contribution in [0, 0.1) is 0 Å². The van der Waals surface area contributed by atoms with Crippen molar-refractivity contribution in [1.29, 1.82) is 0 Å². The Morgan fingerprint density at radius 1 is 1.15 bits per heavy atom. The van der Waals surface area contributed by atoms with Gasteiger partial charge in [-0.1, -0.05) is 16.8 Å². The summed E-state index contributed by atoms with van der Waals surface area (Å²) in [6.07, 6.45) is 0.340. The van der Waals surface area contributed by atoms with Gasteiger partial charge in [0.2, 0.25) is 17.6 Å². The Hall–Kier alpha value is -2.86. The monoisotopic (exact) mass is 369 g/mol. The summed E-state index contributed by atoms with van der Waals surface area (Å²) < 4.78 is 10.6. The molecule has 0 bridgehead atoms. The van der Waals surface area contributed by atoms with Crippen LogP contribution in [0.5, 0.6) is 5.75 Å². The molecule has 1 amide bonds. The van der Waals surface area contributed by atoms with E-state index in [1.54, 1.807) is 24.1 Å². The summed E-state index contributed by atoms with van der Waals surface area (Å²) in [6.45, 7) is 0.505. The molecular weight excluding hydrogens is 354 g/mol. The van der Waals surface area contributed by atoms with Gasteiger partial charge in [0.05, 0.1) is 13.0 Å². The van der Waals surface area contributed by atoms with E-state index in [2.05, 4.69) is 10.1 Å². The Kier molecular flexibility index (Phi) is 4.34. The molecule has 1 aliphatic heterocycles. The predicted octanol–water partition coefficient (Wildman–Crippen LogP) is 3.92. The number of ether oxygens (including phenoxy) is 1. The average molecular weight is 370 g/mol. The molecule has 2 heterocycles. The fourth-order valence-electron chi connectivity index (χ4n) is 3.00. The average Bonchev–Trinajstić information content (AvgIpc) is 3.29. The fraction of sp³-hybridized carbons (Fsp3) is 0.211. The SMILES string of the molecule is COc1ccc(-c2noc(C3CC(=O)N(c4ccc(Cl)cc4)C3)n2)cc1. The van der Waals surface area contributed by atoms with Gasteiger partial charge in [-0.05, 0) is 48.5 Å². The van der Waals surface area contributed by atoms with E-state index in [0.717, 1.165) is 17.0 Å². The van der Waals surface area contributed by atoms with E-state index in [0.29, 0.717) is 29.7 Å². The standard InChI is InChI=1S/C19H16ClN3O3/c1-25-16-8-2-12(3-9-16)18-21-19(26-22-18)13-10-17(24)23(11-13)15-6-4-14(20)5-7-15/h2-9,13H,10-11H2,1H3. The van der Waals surface area contributed by atoms with Crippen molar-refractivity contribution >= 4 is 23.2 Å². The quantitative estimate of drug-likeness (QED) is 0.697. The Morgan fingerprint density at radius 2 is 1.88 bits per heavy atom. The Morgan fingerprint density at radius 3 is 2.58 bits per heavy atom. The maximum Gasteiger partial charge on any atom is 0.232 e. The maximum atomic E-state index is 12.4. The second-order valence-electron chi connectivity index (χ2n) is 6.07. The molecule has 0 saturated carbocycles. The van der Waals surface area contributed by atoms with E-state index in [1.807, 2.05) is 36.4 Å². The van der Waals surface area contributed by atoms with E-state index in [1.165, 1.54) is 0 Å². The van der Waals surface area contributed by atoms with Gasteiger partial charge in [-0.15, -0.1) is 0 Å². The number of aromatic nitrogens is 2. The van der Waals surface area contributed by atoms with Gasteiger partial charge in [-0.2, -0.15) is 4.98 Å². The lowest BCUT2D eigenvalue weighted by molar-refractivity contribution is -0.117. The summed E-state index contributed by atoms with van der Waals surface area (Å²) in [5, 5.41) is 4.68. The lowest BCUT2D eigenvalue weighted by Crippen LogP contribution is -2.24. The summed E-state index contributed by atoms with van der Waals surface area (Å²) in [4.78, 5) is 18.6. The second-order valence-corrected chi connectivity index (χ2v) is 6.50. The zero-order valence-electron chi connectivity index (χ0n) is 14.1. The van der Waals surface area contributed by atoms with Crippen LogP contribution >= 0.6 is 11.6 Å². The van der Waals surface area contributed by atoms with Crippen molar-refractivity contribution in [3.8, 4) is 17.1 Å². The molecular formula is C19H16ClN3O3. The van der Waals surface area contributed by atoms with Crippen LogP contribution in [-0.4, -0.2) is 29.7 Å². The van der Waals surface area contributed by atoms with Crippen molar-refractivity contribution in [3.63, 3.8) is 0 Å². The van der Waals surface area contributed by atoms with E-state index in [4.69, 9.17) is 20.9 Å². The van der Waals surface area contributed by atoms with Crippen LogP contribution in [0.25, 0.3) is 11.4 Å². The highest BCUT2D eigenvalue weighted by Crippen LogP contribution is 2.32. The summed E-state index contributed by atoms with van der Waals surface area (Å²) in [5.41, 5.74) is 1.65. The van der Waals surface area contributed by atoms with Gasteiger partial charge < -0.3 is 14.2 Å². The largest absolute Gasteiger partial charge is 0.497 e. The lowest BCUT2D eigenvalue weighted by atomic mass is 10.1. The maximum absolute atomic E-state index is 12.4. The number of carbonyl (C=O) groups is 1. The first-order valence-corrected chi connectivity index (χ1v) is 8.56. The van der Waals surface area contributed by atoms with Crippen LogP contribution in [0.1, 0.15) is 18.2 Å². The zero-order valence-corrected chi connectivity index (χ0v) is 14.8. The molecule has 1 aromatic heterocycles. The van der Waals surface area contributed by atoms with Gasteiger partial charge in [0.25, 0.3) is 0 Å². The number of benzene rings is 2. The molecule has 1 saturated heterocycles. The zero-order chi connectivity index (χ0) is 18.1. The van der Waals surface area contributed by atoms with Crippen LogP contribution in [0.2, 0.25) is 5.02 Å². The number of halogens is 1. The topological polar surface area (TPSA) is 68.5 Å². The number of hydrogen-bond acceptors (Lipinski definition) is 5. The van der Waals surface area contributed by atoms with Crippen LogP contribution in [0.3, 0.4) is 0 Å². The van der Waals surface area contributed by atoms with Crippen LogP contribution in [0.4, 0.5) is 5.69 Å². The van der Waals surface area contributed by atoms with Gasteiger partial charge in [-0.3, -0.25) is 4.79 Å². The first kappa shape index (κ1) is 16.6. The normalized spacial score (nSPS) is 16.9. The van der Waals surface area contributed by atoms with E-state index < -0.39 is 0 Å². The number of nitrogens with zero attached hydrogens (tertiary/aromatic N) is 3. The van der Waals surface area contributed by atoms with Crippen molar-refractivity contribution in [2.24, 2.45) is 0 Å².